The van der Waals surface area contributed by atoms with Crippen LogP contribution in [0, 0.1) is 0 Å². The zero-order valence-corrected chi connectivity index (χ0v) is 18.4. The van der Waals surface area contributed by atoms with Crippen molar-refractivity contribution < 1.29 is 22.7 Å². The Bertz CT molecular complexity index is 1000. The number of hydrogen-bond acceptors (Lipinski definition) is 5. The van der Waals surface area contributed by atoms with Gasteiger partial charge in [-0.1, -0.05) is 23.7 Å². The number of nitrogens with zero attached hydrogens (tertiary/aromatic N) is 1. The summed E-state index contributed by atoms with van der Waals surface area (Å²) in [5, 5.41) is 5.80. The lowest BCUT2D eigenvalue weighted by Gasteiger charge is -2.26. The van der Waals surface area contributed by atoms with Crippen LogP contribution < -0.4 is 10.6 Å². The van der Waals surface area contributed by atoms with Gasteiger partial charge in [0.2, 0.25) is 21.8 Å². The maximum atomic E-state index is 12.6. The number of morpholine rings is 1. The highest BCUT2D eigenvalue weighted by atomic mass is 35.5. The van der Waals surface area contributed by atoms with E-state index in [4.69, 9.17) is 16.3 Å². The van der Waals surface area contributed by atoms with Crippen molar-refractivity contribution in [2.75, 3.05) is 38.2 Å². The van der Waals surface area contributed by atoms with Crippen molar-refractivity contribution in [2.45, 2.75) is 17.7 Å². The molecule has 2 N–H and O–H groups in total. The van der Waals surface area contributed by atoms with Crippen molar-refractivity contribution in [3.63, 3.8) is 0 Å². The minimum Gasteiger partial charge on any atom is -0.379 e. The highest BCUT2D eigenvalue weighted by Crippen LogP contribution is 2.18. The zero-order valence-electron chi connectivity index (χ0n) is 16.8. The fourth-order valence-corrected chi connectivity index (χ4v) is 4.56. The van der Waals surface area contributed by atoms with Crippen LogP contribution in [0.25, 0.3) is 0 Å². The number of carbonyl (C=O) groups excluding carboxylic acids is 2. The van der Waals surface area contributed by atoms with Gasteiger partial charge >= 0.3 is 0 Å². The fourth-order valence-electron chi connectivity index (χ4n) is 3.03. The molecule has 3 rings (SSSR count). The number of hydrogen-bond donors (Lipinski definition) is 2. The molecule has 0 aliphatic carbocycles. The molecule has 10 heteroatoms. The average Bonchev–Trinajstić information content (AvgIpc) is 2.79. The summed E-state index contributed by atoms with van der Waals surface area (Å²) >= 11 is 5.80. The number of benzene rings is 2. The Labute approximate surface area is 186 Å². The third-order valence-corrected chi connectivity index (χ3v) is 6.91. The van der Waals surface area contributed by atoms with Crippen molar-refractivity contribution in [3.8, 4) is 0 Å². The molecule has 0 bridgehead atoms. The van der Waals surface area contributed by atoms with Crippen molar-refractivity contribution >= 4 is 39.1 Å². The van der Waals surface area contributed by atoms with Crippen LogP contribution in [0.5, 0.6) is 0 Å². The van der Waals surface area contributed by atoms with Gasteiger partial charge in [-0.2, -0.15) is 4.31 Å². The summed E-state index contributed by atoms with van der Waals surface area (Å²) in [4.78, 5) is 24.2. The van der Waals surface area contributed by atoms with Gasteiger partial charge in [0.05, 0.1) is 24.7 Å². The largest absolute Gasteiger partial charge is 0.379 e. The van der Waals surface area contributed by atoms with Crippen molar-refractivity contribution in [1.82, 2.24) is 9.62 Å². The van der Waals surface area contributed by atoms with E-state index in [2.05, 4.69) is 10.6 Å². The third-order valence-electron chi connectivity index (χ3n) is 4.75. The molecule has 8 nitrogen and oxygen atoms in total. The number of rotatable bonds is 8. The van der Waals surface area contributed by atoms with Gasteiger partial charge in [0.15, 0.2) is 0 Å². The van der Waals surface area contributed by atoms with Crippen LogP contribution in [0.2, 0.25) is 5.02 Å². The van der Waals surface area contributed by atoms with Crippen molar-refractivity contribution in [2.24, 2.45) is 0 Å². The minimum atomic E-state index is -3.53. The van der Waals surface area contributed by atoms with Crippen molar-refractivity contribution in [1.29, 1.82) is 0 Å². The van der Waals surface area contributed by atoms with E-state index < -0.39 is 10.0 Å². The number of amides is 2. The standard InChI is InChI=1S/C21H24ClN3O5S/c22-17-4-6-18(7-5-17)24-21(27)15-23-20(26)10-3-16-1-8-19(9-2-16)31(28,29)25-11-13-30-14-12-25/h1-2,4-9H,3,10-15H2,(H,23,26)(H,24,27). The molecule has 1 fully saturated rings. The summed E-state index contributed by atoms with van der Waals surface area (Å²) in [7, 11) is -3.53. The Morgan fingerprint density at radius 3 is 2.26 bits per heavy atom. The molecule has 166 valence electrons. The van der Waals surface area contributed by atoms with E-state index in [-0.39, 0.29) is 29.7 Å². The first-order valence-corrected chi connectivity index (χ1v) is 11.7. The Kier molecular flexibility index (Phi) is 8.03. The molecule has 0 saturated carbocycles. The number of nitrogens with one attached hydrogen (secondary N) is 2. The second-order valence-corrected chi connectivity index (χ2v) is 9.37. The average molecular weight is 466 g/mol. The number of anilines is 1. The van der Waals surface area contributed by atoms with E-state index in [1.54, 1.807) is 48.5 Å². The van der Waals surface area contributed by atoms with E-state index in [1.165, 1.54) is 4.31 Å². The molecule has 1 aliphatic heterocycles. The molecular formula is C21H24ClN3O5S. The highest BCUT2D eigenvalue weighted by Gasteiger charge is 2.26. The summed E-state index contributed by atoms with van der Waals surface area (Å²) in [6.07, 6.45) is 0.617. The van der Waals surface area contributed by atoms with Crippen molar-refractivity contribution in [3.05, 3.63) is 59.1 Å². The Morgan fingerprint density at radius 1 is 0.968 bits per heavy atom. The van der Waals surface area contributed by atoms with Gasteiger partial charge in [-0.25, -0.2) is 8.42 Å². The molecule has 2 aromatic carbocycles. The number of carbonyl (C=O) groups is 2. The van der Waals surface area contributed by atoms with E-state index in [0.717, 1.165) is 5.56 Å². The van der Waals surface area contributed by atoms with Crippen LogP contribution in [0.1, 0.15) is 12.0 Å². The molecule has 0 radical (unpaired) electrons. The van der Waals surface area contributed by atoms with E-state index in [0.29, 0.717) is 43.4 Å². The summed E-state index contributed by atoms with van der Waals surface area (Å²) in [5.41, 5.74) is 1.43. The normalized spacial score (nSPS) is 14.7. The van der Waals surface area contributed by atoms with Crippen LogP contribution >= 0.6 is 11.6 Å². The lowest BCUT2D eigenvalue weighted by molar-refractivity contribution is -0.124. The van der Waals surface area contributed by atoms with Gasteiger partial charge < -0.3 is 15.4 Å². The Balaban J connectivity index is 1.43. The van der Waals surface area contributed by atoms with Gasteiger partial charge in [0, 0.05) is 30.2 Å². The second-order valence-electron chi connectivity index (χ2n) is 6.99. The molecule has 2 aromatic rings. The molecule has 31 heavy (non-hydrogen) atoms. The van der Waals surface area contributed by atoms with Crippen LogP contribution in [0.3, 0.4) is 0 Å². The monoisotopic (exact) mass is 465 g/mol. The fraction of sp³-hybridized carbons (Fsp3) is 0.333. The predicted molar refractivity (Wildman–Crippen MR) is 117 cm³/mol. The smallest absolute Gasteiger partial charge is 0.243 e. The van der Waals surface area contributed by atoms with Crippen LogP contribution in [-0.4, -0.2) is 57.4 Å². The predicted octanol–water partition coefficient (Wildman–Crippen LogP) is 2.05. The molecule has 2 amide bonds. The number of sulfonamides is 1. The Hall–Kier alpha value is -2.46. The molecule has 0 spiro atoms. The Morgan fingerprint density at radius 2 is 1.61 bits per heavy atom. The van der Waals surface area contributed by atoms with E-state index in [9.17, 15) is 18.0 Å². The van der Waals surface area contributed by atoms with E-state index in [1.807, 2.05) is 0 Å². The molecule has 1 heterocycles. The number of aryl methyl sites for hydroxylation is 1. The first-order valence-electron chi connectivity index (χ1n) is 9.83. The van der Waals surface area contributed by atoms with Crippen LogP contribution in [0.15, 0.2) is 53.4 Å². The van der Waals surface area contributed by atoms with Gasteiger partial charge in [-0.3, -0.25) is 9.59 Å². The van der Waals surface area contributed by atoms with E-state index >= 15 is 0 Å². The van der Waals surface area contributed by atoms with Gasteiger partial charge in [0.1, 0.15) is 0 Å². The van der Waals surface area contributed by atoms with Gasteiger partial charge in [-0.05, 0) is 48.4 Å². The second kappa shape index (κ2) is 10.7. The summed E-state index contributed by atoms with van der Waals surface area (Å²) < 4.78 is 31.9. The molecule has 0 atom stereocenters. The number of halogens is 1. The molecule has 1 aliphatic rings. The van der Waals surface area contributed by atoms with Crippen LogP contribution in [0.4, 0.5) is 5.69 Å². The molecular weight excluding hydrogens is 442 g/mol. The summed E-state index contributed by atoms with van der Waals surface area (Å²) in [6.45, 7) is 1.33. The molecule has 0 aromatic heterocycles. The molecule has 0 unspecified atom stereocenters. The SMILES string of the molecule is O=C(CCc1ccc(S(=O)(=O)N2CCOCC2)cc1)NCC(=O)Nc1ccc(Cl)cc1. The maximum absolute atomic E-state index is 12.6. The van der Waals surface area contributed by atoms with Gasteiger partial charge in [0.25, 0.3) is 0 Å². The highest BCUT2D eigenvalue weighted by molar-refractivity contribution is 7.89. The first kappa shape index (κ1) is 23.2. The summed E-state index contributed by atoms with van der Waals surface area (Å²) in [5.74, 6) is -0.607. The first-order chi connectivity index (χ1) is 14.8. The third kappa shape index (κ3) is 6.76. The van der Waals surface area contributed by atoms with Gasteiger partial charge in [-0.15, -0.1) is 0 Å². The topological polar surface area (TPSA) is 105 Å². The van der Waals surface area contributed by atoms with Crippen LogP contribution in [-0.2, 0) is 30.8 Å². The lowest BCUT2D eigenvalue weighted by Crippen LogP contribution is -2.40. The quantitative estimate of drug-likeness (QED) is 0.620. The zero-order chi connectivity index (χ0) is 22.3. The minimum absolute atomic E-state index is 0.141. The maximum Gasteiger partial charge on any atom is 0.243 e. The number of ether oxygens (including phenoxy) is 1. The molecule has 1 saturated heterocycles. The lowest BCUT2D eigenvalue weighted by atomic mass is 10.1. The summed E-state index contributed by atoms with van der Waals surface area (Å²) in [6, 6.07) is 13.2.